The number of methoxy groups -OCH3 is 1. The Balaban J connectivity index is 2.72. The van der Waals surface area contributed by atoms with Gasteiger partial charge >= 0.3 is 0 Å². The van der Waals surface area contributed by atoms with E-state index in [1.807, 2.05) is 6.92 Å². The van der Waals surface area contributed by atoms with Crippen molar-refractivity contribution < 1.29 is 23.0 Å². The van der Waals surface area contributed by atoms with Gasteiger partial charge in [-0.1, -0.05) is 0 Å². The molecule has 0 aliphatic rings. The van der Waals surface area contributed by atoms with Gasteiger partial charge in [0, 0.05) is 25.3 Å². The average Bonchev–Trinajstić information content (AvgIpc) is 2.46. The lowest BCUT2D eigenvalue weighted by Crippen LogP contribution is -2.25. The molecule has 0 unspecified atom stereocenters. The summed E-state index contributed by atoms with van der Waals surface area (Å²) in [5, 5.41) is 9.20. The summed E-state index contributed by atoms with van der Waals surface area (Å²) >= 11 is 0. The van der Waals surface area contributed by atoms with E-state index in [1.54, 1.807) is 0 Å². The highest BCUT2D eigenvalue weighted by molar-refractivity contribution is 7.89. The van der Waals surface area contributed by atoms with Crippen molar-refractivity contribution in [3.8, 4) is 5.75 Å². The van der Waals surface area contributed by atoms with Crippen LogP contribution in [-0.4, -0.2) is 40.4 Å². The maximum Gasteiger partial charge on any atom is 0.240 e. The SMILES string of the molecule is CCOCCCNS(=O)(=O)c1ccc(OC)c(CO)c1. The molecule has 1 aromatic rings. The minimum absolute atomic E-state index is 0.110. The zero-order valence-electron chi connectivity index (χ0n) is 11.8. The topological polar surface area (TPSA) is 84.9 Å². The first kappa shape index (κ1) is 16.9. The molecule has 0 spiro atoms. The summed E-state index contributed by atoms with van der Waals surface area (Å²) in [5.74, 6) is 0.461. The van der Waals surface area contributed by atoms with Crippen molar-refractivity contribution >= 4 is 10.0 Å². The predicted molar refractivity (Wildman–Crippen MR) is 75.2 cm³/mol. The van der Waals surface area contributed by atoms with Crippen LogP contribution in [0.25, 0.3) is 0 Å². The van der Waals surface area contributed by atoms with Crippen molar-refractivity contribution in [1.29, 1.82) is 0 Å². The van der Waals surface area contributed by atoms with E-state index in [2.05, 4.69) is 4.72 Å². The number of nitrogens with one attached hydrogen (secondary N) is 1. The van der Waals surface area contributed by atoms with E-state index in [-0.39, 0.29) is 11.5 Å². The van der Waals surface area contributed by atoms with Crippen molar-refractivity contribution in [2.45, 2.75) is 24.8 Å². The quantitative estimate of drug-likeness (QED) is 0.662. The smallest absolute Gasteiger partial charge is 0.240 e. The van der Waals surface area contributed by atoms with Gasteiger partial charge in [0.05, 0.1) is 18.6 Å². The molecule has 6 nitrogen and oxygen atoms in total. The Hall–Kier alpha value is -1.15. The lowest BCUT2D eigenvalue weighted by molar-refractivity contribution is 0.146. The van der Waals surface area contributed by atoms with Gasteiger partial charge in [-0.25, -0.2) is 13.1 Å². The number of aliphatic hydroxyl groups excluding tert-OH is 1. The molecular weight excluding hydrogens is 282 g/mol. The number of rotatable bonds is 9. The fourth-order valence-electron chi connectivity index (χ4n) is 1.65. The summed E-state index contributed by atoms with van der Waals surface area (Å²) in [4.78, 5) is 0.110. The second-order valence-corrected chi connectivity index (χ2v) is 5.85. The molecule has 0 atom stereocenters. The zero-order valence-corrected chi connectivity index (χ0v) is 12.6. The normalized spacial score (nSPS) is 11.6. The van der Waals surface area contributed by atoms with Gasteiger partial charge in [0.2, 0.25) is 10.0 Å². The van der Waals surface area contributed by atoms with Crippen molar-refractivity contribution in [3.63, 3.8) is 0 Å². The Morgan fingerprint density at radius 1 is 1.35 bits per heavy atom. The third-order valence-electron chi connectivity index (χ3n) is 2.69. The van der Waals surface area contributed by atoms with Crippen molar-refractivity contribution in [2.75, 3.05) is 26.9 Å². The molecule has 0 fully saturated rings. The molecule has 1 rings (SSSR count). The molecule has 0 amide bonds. The monoisotopic (exact) mass is 303 g/mol. The summed E-state index contributed by atoms with van der Waals surface area (Å²) in [6, 6.07) is 4.38. The summed E-state index contributed by atoms with van der Waals surface area (Å²) < 4.78 is 36.8. The van der Waals surface area contributed by atoms with E-state index < -0.39 is 10.0 Å². The Bertz CT molecular complexity index is 515. The third-order valence-corrected chi connectivity index (χ3v) is 4.15. The second kappa shape index (κ2) is 8.21. The van der Waals surface area contributed by atoms with Crippen LogP contribution in [0.4, 0.5) is 0 Å². The van der Waals surface area contributed by atoms with Crippen LogP contribution in [0, 0.1) is 0 Å². The Morgan fingerprint density at radius 3 is 2.70 bits per heavy atom. The van der Waals surface area contributed by atoms with Crippen LogP contribution >= 0.6 is 0 Å². The van der Waals surface area contributed by atoms with Crippen LogP contribution in [0.1, 0.15) is 18.9 Å². The van der Waals surface area contributed by atoms with Crippen LogP contribution < -0.4 is 9.46 Å². The van der Waals surface area contributed by atoms with Crippen molar-refractivity contribution in [2.24, 2.45) is 0 Å². The number of sulfonamides is 1. The van der Waals surface area contributed by atoms with Gasteiger partial charge in [0.25, 0.3) is 0 Å². The van der Waals surface area contributed by atoms with E-state index in [0.29, 0.717) is 37.5 Å². The van der Waals surface area contributed by atoms with Crippen LogP contribution in [0.2, 0.25) is 0 Å². The van der Waals surface area contributed by atoms with Crippen LogP contribution in [0.3, 0.4) is 0 Å². The van der Waals surface area contributed by atoms with Crippen molar-refractivity contribution in [1.82, 2.24) is 4.72 Å². The van der Waals surface area contributed by atoms with E-state index in [1.165, 1.54) is 25.3 Å². The molecule has 0 radical (unpaired) electrons. The molecule has 0 heterocycles. The number of hydrogen-bond donors (Lipinski definition) is 2. The molecule has 114 valence electrons. The van der Waals surface area contributed by atoms with Gasteiger partial charge in [-0.2, -0.15) is 0 Å². The number of ether oxygens (including phenoxy) is 2. The highest BCUT2D eigenvalue weighted by Crippen LogP contribution is 2.22. The lowest BCUT2D eigenvalue weighted by atomic mass is 10.2. The third kappa shape index (κ3) is 4.75. The van der Waals surface area contributed by atoms with Gasteiger partial charge in [-0.15, -0.1) is 0 Å². The fourth-order valence-corrected chi connectivity index (χ4v) is 2.78. The molecule has 0 saturated carbocycles. The predicted octanol–water partition coefficient (Wildman–Crippen LogP) is 0.892. The van der Waals surface area contributed by atoms with Gasteiger partial charge in [0.15, 0.2) is 0 Å². The molecule has 0 aliphatic heterocycles. The molecule has 2 N–H and O–H groups in total. The first-order valence-corrected chi connectivity index (χ1v) is 7.88. The molecule has 1 aromatic carbocycles. The highest BCUT2D eigenvalue weighted by atomic mass is 32.2. The van der Waals surface area contributed by atoms with Gasteiger partial charge in [-0.05, 0) is 31.5 Å². The standard InChI is InChI=1S/C13H21NO5S/c1-3-19-8-4-7-14-20(16,17)12-5-6-13(18-2)11(9-12)10-15/h5-6,9,14-15H,3-4,7-8,10H2,1-2H3. The molecule has 0 aromatic heterocycles. The average molecular weight is 303 g/mol. The Kier molecular flexibility index (Phi) is 6.94. The molecule has 20 heavy (non-hydrogen) atoms. The highest BCUT2D eigenvalue weighted by Gasteiger charge is 2.15. The molecule has 0 saturated heterocycles. The van der Waals surface area contributed by atoms with Crippen LogP contribution in [0.5, 0.6) is 5.75 Å². The minimum atomic E-state index is -3.58. The molecule has 0 aliphatic carbocycles. The van der Waals surface area contributed by atoms with Gasteiger partial charge in [-0.3, -0.25) is 0 Å². The fraction of sp³-hybridized carbons (Fsp3) is 0.538. The second-order valence-electron chi connectivity index (χ2n) is 4.08. The minimum Gasteiger partial charge on any atom is -0.496 e. The number of aliphatic hydroxyl groups is 1. The maximum absolute atomic E-state index is 12.1. The van der Waals surface area contributed by atoms with Crippen LogP contribution in [0.15, 0.2) is 23.1 Å². The molecule has 7 heteroatoms. The Labute approximate surface area is 119 Å². The molecule has 0 bridgehead atoms. The van der Waals surface area contributed by atoms with E-state index in [4.69, 9.17) is 9.47 Å². The summed E-state index contributed by atoms with van der Waals surface area (Å²) in [6.07, 6.45) is 0.607. The Morgan fingerprint density at radius 2 is 2.10 bits per heavy atom. The summed E-state index contributed by atoms with van der Waals surface area (Å²) in [7, 11) is -2.11. The molecular formula is C13H21NO5S. The summed E-state index contributed by atoms with van der Waals surface area (Å²) in [5.41, 5.74) is 0.435. The first-order chi connectivity index (χ1) is 9.55. The van der Waals surface area contributed by atoms with E-state index >= 15 is 0 Å². The lowest BCUT2D eigenvalue weighted by Gasteiger charge is -2.10. The van der Waals surface area contributed by atoms with Gasteiger partial charge < -0.3 is 14.6 Å². The number of benzene rings is 1. The zero-order chi connectivity index (χ0) is 15.0. The van der Waals surface area contributed by atoms with Crippen LogP contribution in [-0.2, 0) is 21.4 Å². The largest absolute Gasteiger partial charge is 0.496 e. The summed E-state index contributed by atoms with van der Waals surface area (Å²) in [6.45, 7) is 3.05. The first-order valence-electron chi connectivity index (χ1n) is 6.40. The number of hydrogen-bond acceptors (Lipinski definition) is 5. The van der Waals surface area contributed by atoms with E-state index in [0.717, 1.165) is 0 Å². The van der Waals surface area contributed by atoms with E-state index in [9.17, 15) is 13.5 Å². The van der Waals surface area contributed by atoms with Crippen molar-refractivity contribution in [3.05, 3.63) is 23.8 Å². The maximum atomic E-state index is 12.1. The van der Waals surface area contributed by atoms with Gasteiger partial charge in [0.1, 0.15) is 5.75 Å².